The van der Waals surface area contributed by atoms with Crippen molar-refractivity contribution in [2.45, 2.75) is 13.2 Å². The SMILES string of the molecule is NNC(=O)c1sccc1COCc1ccc(Br)cc1. The van der Waals surface area contributed by atoms with E-state index in [2.05, 4.69) is 21.4 Å². The summed E-state index contributed by atoms with van der Waals surface area (Å²) in [5.74, 6) is 4.85. The second-order valence-corrected chi connectivity index (χ2v) is 5.70. The number of halogens is 1. The van der Waals surface area contributed by atoms with Gasteiger partial charge < -0.3 is 4.74 Å². The number of benzene rings is 1. The van der Waals surface area contributed by atoms with Gasteiger partial charge in [-0.1, -0.05) is 28.1 Å². The molecule has 6 heteroatoms. The Balaban J connectivity index is 1.91. The molecule has 0 aliphatic heterocycles. The van der Waals surface area contributed by atoms with Gasteiger partial charge in [-0.15, -0.1) is 11.3 Å². The Kier molecular flexibility index (Phi) is 5.09. The molecular formula is C13H13BrN2O2S. The quantitative estimate of drug-likeness (QED) is 0.499. The Labute approximate surface area is 123 Å². The van der Waals surface area contributed by atoms with Crippen molar-refractivity contribution in [3.8, 4) is 0 Å². The molecule has 0 aliphatic carbocycles. The molecule has 0 radical (unpaired) electrons. The normalized spacial score (nSPS) is 10.4. The van der Waals surface area contributed by atoms with Gasteiger partial charge in [0.25, 0.3) is 5.91 Å². The second-order valence-electron chi connectivity index (χ2n) is 3.87. The third-order valence-electron chi connectivity index (χ3n) is 2.52. The van der Waals surface area contributed by atoms with Crippen LogP contribution in [0.4, 0.5) is 0 Å². The Morgan fingerprint density at radius 2 is 2.00 bits per heavy atom. The van der Waals surface area contributed by atoms with Gasteiger partial charge in [0.15, 0.2) is 0 Å². The summed E-state index contributed by atoms with van der Waals surface area (Å²) in [6.07, 6.45) is 0. The molecule has 0 spiro atoms. The van der Waals surface area contributed by atoms with Crippen LogP contribution in [0.3, 0.4) is 0 Å². The summed E-state index contributed by atoms with van der Waals surface area (Å²) < 4.78 is 6.65. The van der Waals surface area contributed by atoms with Crippen molar-refractivity contribution in [3.05, 3.63) is 56.2 Å². The van der Waals surface area contributed by atoms with E-state index in [1.807, 2.05) is 35.7 Å². The molecule has 0 saturated heterocycles. The standard InChI is InChI=1S/C13H13BrN2O2S/c14-11-3-1-9(2-4-11)7-18-8-10-5-6-19-12(10)13(17)16-15/h1-6H,7-8,15H2,(H,16,17). The number of hydrazine groups is 1. The Bertz CT molecular complexity index is 554. The van der Waals surface area contributed by atoms with Crippen LogP contribution in [-0.4, -0.2) is 5.91 Å². The van der Waals surface area contributed by atoms with Crippen molar-refractivity contribution in [1.82, 2.24) is 5.43 Å². The number of nitrogens with one attached hydrogen (secondary N) is 1. The van der Waals surface area contributed by atoms with Crippen molar-refractivity contribution < 1.29 is 9.53 Å². The molecule has 0 saturated carbocycles. The van der Waals surface area contributed by atoms with Gasteiger partial charge >= 0.3 is 0 Å². The maximum absolute atomic E-state index is 11.5. The Hall–Kier alpha value is -1.21. The maximum atomic E-state index is 11.5. The molecule has 0 aliphatic rings. The largest absolute Gasteiger partial charge is 0.372 e. The number of hydrogen-bond donors (Lipinski definition) is 2. The van der Waals surface area contributed by atoms with Gasteiger partial charge in [0, 0.05) is 10.0 Å². The van der Waals surface area contributed by atoms with Gasteiger partial charge in [-0.25, -0.2) is 5.84 Å². The fourth-order valence-electron chi connectivity index (χ4n) is 1.57. The van der Waals surface area contributed by atoms with Crippen molar-refractivity contribution in [2.24, 2.45) is 5.84 Å². The number of thiophene rings is 1. The molecule has 100 valence electrons. The van der Waals surface area contributed by atoms with Crippen molar-refractivity contribution in [2.75, 3.05) is 0 Å². The number of nitrogens with two attached hydrogens (primary N) is 1. The fraction of sp³-hybridized carbons (Fsp3) is 0.154. The van der Waals surface area contributed by atoms with Crippen molar-refractivity contribution in [1.29, 1.82) is 0 Å². The zero-order valence-electron chi connectivity index (χ0n) is 10.1. The topological polar surface area (TPSA) is 64.3 Å². The minimum absolute atomic E-state index is 0.280. The van der Waals surface area contributed by atoms with E-state index >= 15 is 0 Å². The summed E-state index contributed by atoms with van der Waals surface area (Å²) in [7, 11) is 0. The monoisotopic (exact) mass is 340 g/mol. The predicted octanol–water partition coefficient (Wildman–Crippen LogP) is 2.83. The molecule has 0 atom stereocenters. The zero-order valence-corrected chi connectivity index (χ0v) is 12.5. The van der Waals surface area contributed by atoms with E-state index in [-0.39, 0.29) is 5.91 Å². The van der Waals surface area contributed by atoms with Gasteiger partial charge in [-0.3, -0.25) is 10.2 Å². The van der Waals surface area contributed by atoms with Crippen LogP contribution in [0.15, 0.2) is 40.2 Å². The van der Waals surface area contributed by atoms with Crippen LogP contribution in [0.25, 0.3) is 0 Å². The molecule has 2 rings (SSSR count). The third-order valence-corrected chi connectivity index (χ3v) is 4.01. The highest BCUT2D eigenvalue weighted by atomic mass is 79.9. The predicted molar refractivity (Wildman–Crippen MR) is 78.6 cm³/mol. The molecule has 1 amide bonds. The molecule has 1 aromatic carbocycles. The number of rotatable bonds is 5. The molecule has 2 aromatic rings. The number of carbonyl (C=O) groups is 1. The van der Waals surface area contributed by atoms with E-state index in [1.165, 1.54) is 11.3 Å². The highest BCUT2D eigenvalue weighted by molar-refractivity contribution is 9.10. The summed E-state index contributed by atoms with van der Waals surface area (Å²) in [5, 5.41) is 1.85. The minimum Gasteiger partial charge on any atom is -0.372 e. The lowest BCUT2D eigenvalue weighted by molar-refractivity contribution is 0.0934. The van der Waals surface area contributed by atoms with Crippen LogP contribution < -0.4 is 11.3 Å². The first-order valence-electron chi connectivity index (χ1n) is 5.60. The first kappa shape index (κ1) is 14.2. The van der Waals surface area contributed by atoms with Crippen molar-refractivity contribution >= 4 is 33.2 Å². The van der Waals surface area contributed by atoms with Crippen LogP contribution >= 0.6 is 27.3 Å². The lowest BCUT2D eigenvalue weighted by Gasteiger charge is -2.05. The zero-order chi connectivity index (χ0) is 13.7. The lowest BCUT2D eigenvalue weighted by Crippen LogP contribution is -2.30. The first-order chi connectivity index (χ1) is 9.20. The van der Waals surface area contributed by atoms with E-state index in [4.69, 9.17) is 10.6 Å². The summed E-state index contributed by atoms with van der Waals surface area (Å²) in [6, 6.07) is 9.79. The van der Waals surface area contributed by atoms with E-state index in [0.29, 0.717) is 18.1 Å². The minimum atomic E-state index is -0.280. The van der Waals surface area contributed by atoms with Crippen LogP contribution in [0.5, 0.6) is 0 Å². The summed E-state index contributed by atoms with van der Waals surface area (Å²) in [5.41, 5.74) is 4.07. The first-order valence-corrected chi connectivity index (χ1v) is 7.27. The van der Waals surface area contributed by atoms with Crippen LogP contribution in [0, 0.1) is 0 Å². The Morgan fingerprint density at radius 1 is 1.26 bits per heavy atom. The van der Waals surface area contributed by atoms with Crippen molar-refractivity contribution in [3.63, 3.8) is 0 Å². The van der Waals surface area contributed by atoms with Gasteiger partial charge in [0.05, 0.1) is 18.1 Å². The van der Waals surface area contributed by atoms with E-state index in [1.54, 1.807) is 0 Å². The molecular weight excluding hydrogens is 328 g/mol. The van der Waals surface area contributed by atoms with Crippen LogP contribution in [0.1, 0.15) is 20.8 Å². The van der Waals surface area contributed by atoms with Gasteiger partial charge in [0.1, 0.15) is 0 Å². The molecule has 3 N–H and O–H groups in total. The average molecular weight is 341 g/mol. The number of nitrogen functional groups attached to an aromatic ring is 1. The van der Waals surface area contributed by atoms with Gasteiger partial charge in [0.2, 0.25) is 0 Å². The van der Waals surface area contributed by atoms with Gasteiger partial charge in [-0.2, -0.15) is 0 Å². The highest BCUT2D eigenvalue weighted by Gasteiger charge is 2.11. The van der Waals surface area contributed by atoms with Crippen LogP contribution in [-0.2, 0) is 18.0 Å². The average Bonchev–Trinajstić information content (AvgIpc) is 2.88. The molecule has 4 nitrogen and oxygen atoms in total. The number of ether oxygens (including phenoxy) is 1. The second kappa shape index (κ2) is 6.81. The van der Waals surface area contributed by atoms with E-state index in [9.17, 15) is 4.79 Å². The number of carbonyl (C=O) groups excluding carboxylic acids is 1. The lowest BCUT2D eigenvalue weighted by atomic mass is 10.2. The summed E-state index contributed by atoms with van der Waals surface area (Å²) in [6.45, 7) is 0.898. The van der Waals surface area contributed by atoms with Crippen LogP contribution in [0.2, 0.25) is 0 Å². The molecule has 1 aromatic heterocycles. The van der Waals surface area contributed by atoms with Gasteiger partial charge in [-0.05, 0) is 29.1 Å². The molecule has 0 bridgehead atoms. The fourth-order valence-corrected chi connectivity index (χ4v) is 2.65. The Morgan fingerprint density at radius 3 is 2.68 bits per heavy atom. The number of hydrogen-bond acceptors (Lipinski definition) is 4. The molecule has 0 unspecified atom stereocenters. The van der Waals surface area contributed by atoms with E-state index < -0.39 is 0 Å². The highest BCUT2D eigenvalue weighted by Crippen LogP contribution is 2.18. The smallest absolute Gasteiger partial charge is 0.275 e. The van der Waals surface area contributed by atoms with E-state index in [0.717, 1.165) is 15.6 Å². The molecule has 19 heavy (non-hydrogen) atoms. The summed E-state index contributed by atoms with van der Waals surface area (Å²) in [4.78, 5) is 12.1. The molecule has 1 heterocycles. The maximum Gasteiger partial charge on any atom is 0.275 e. The third kappa shape index (κ3) is 3.87. The number of amides is 1. The molecule has 0 fully saturated rings. The summed E-state index contributed by atoms with van der Waals surface area (Å²) >= 11 is 4.73.